The third-order valence-corrected chi connectivity index (χ3v) is 4.53. The molecule has 3 rings (SSSR count). The van der Waals surface area contributed by atoms with E-state index < -0.39 is 0 Å². The van der Waals surface area contributed by atoms with Crippen molar-refractivity contribution in [1.82, 2.24) is 24.9 Å². The number of thioether (sulfide) groups is 1. The van der Waals surface area contributed by atoms with Crippen LogP contribution in [0.3, 0.4) is 0 Å². The summed E-state index contributed by atoms with van der Waals surface area (Å²) in [4.78, 5) is 4.42. The van der Waals surface area contributed by atoms with Gasteiger partial charge in [-0.15, -0.1) is 16.8 Å². The van der Waals surface area contributed by atoms with Crippen molar-refractivity contribution in [3.63, 3.8) is 0 Å². The Labute approximate surface area is 146 Å². The number of benzene rings is 1. The van der Waals surface area contributed by atoms with Gasteiger partial charge in [0.05, 0.1) is 5.75 Å². The number of aryl methyl sites for hydroxylation is 1. The standard InChI is InChI=1S/C15H14BrN5OS/c1-3-7-21-10(2)18-19-15(21)23-9-13-17-14(20-22-13)11-5-4-6-12(16)8-11/h3-6,8H,1,7,9H2,2H3. The Morgan fingerprint density at radius 1 is 1.39 bits per heavy atom. The molecule has 8 heteroatoms. The molecule has 2 aromatic heterocycles. The molecular formula is C15H14BrN5OS. The number of nitrogens with zero attached hydrogens (tertiary/aromatic N) is 5. The van der Waals surface area contributed by atoms with E-state index in [1.807, 2.05) is 41.8 Å². The third kappa shape index (κ3) is 3.70. The number of allylic oxidation sites excluding steroid dienone is 1. The van der Waals surface area contributed by atoms with Crippen LogP contribution in [0.15, 0.2) is 51.1 Å². The number of hydrogen-bond acceptors (Lipinski definition) is 6. The van der Waals surface area contributed by atoms with E-state index in [0.717, 1.165) is 21.0 Å². The van der Waals surface area contributed by atoms with Crippen LogP contribution in [0, 0.1) is 6.92 Å². The SMILES string of the molecule is C=CCn1c(C)nnc1SCc1nc(-c2cccc(Br)c2)no1. The van der Waals surface area contributed by atoms with Gasteiger partial charge in [0.1, 0.15) is 5.82 Å². The second-order valence-electron chi connectivity index (χ2n) is 4.74. The monoisotopic (exact) mass is 391 g/mol. The molecule has 0 aliphatic rings. The van der Waals surface area contributed by atoms with Gasteiger partial charge in [-0.2, -0.15) is 4.98 Å². The van der Waals surface area contributed by atoms with E-state index in [1.54, 1.807) is 0 Å². The highest BCUT2D eigenvalue weighted by atomic mass is 79.9. The summed E-state index contributed by atoms with van der Waals surface area (Å²) in [5.74, 6) is 2.52. The summed E-state index contributed by atoms with van der Waals surface area (Å²) in [6.45, 7) is 6.34. The molecule has 2 heterocycles. The van der Waals surface area contributed by atoms with E-state index in [2.05, 4.69) is 42.8 Å². The Balaban J connectivity index is 1.71. The van der Waals surface area contributed by atoms with Crippen LogP contribution in [0.25, 0.3) is 11.4 Å². The van der Waals surface area contributed by atoms with Crippen LogP contribution in [0.4, 0.5) is 0 Å². The first-order valence-electron chi connectivity index (χ1n) is 6.89. The average molecular weight is 392 g/mol. The van der Waals surface area contributed by atoms with Gasteiger partial charge in [-0.3, -0.25) is 0 Å². The number of rotatable bonds is 6. The van der Waals surface area contributed by atoms with E-state index in [1.165, 1.54) is 11.8 Å². The molecule has 0 fully saturated rings. The highest BCUT2D eigenvalue weighted by molar-refractivity contribution is 9.10. The topological polar surface area (TPSA) is 69.6 Å². The van der Waals surface area contributed by atoms with Crippen molar-refractivity contribution in [2.45, 2.75) is 24.4 Å². The number of aromatic nitrogens is 5. The van der Waals surface area contributed by atoms with Gasteiger partial charge in [-0.1, -0.05) is 51.1 Å². The molecule has 0 spiro atoms. The molecule has 0 aliphatic carbocycles. The molecule has 23 heavy (non-hydrogen) atoms. The van der Waals surface area contributed by atoms with Crippen LogP contribution in [-0.4, -0.2) is 24.9 Å². The lowest BCUT2D eigenvalue weighted by Gasteiger charge is -2.03. The van der Waals surface area contributed by atoms with E-state index in [-0.39, 0.29) is 0 Å². The van der Waals surface area contributed by atoms with Crippen LogP contribution in [0.5, 0.6) is 0 Å². The van der Waals surface area contributed by atoms with Crippen molar-refractivity contribution in [1.29, 1.82) is 0 Å². The third-order valence-electron chi connectivity index (χ3n) is 3.09. The lowest BCUT2D eigenvalue weighted by molar-refractivity contribution is 0.391. The molecule has 0 radical (unpaired) electrons. The van der Waals surface area contributed by atoms with E-state index in [0.29, 0.717) is 24.0 Å². The smallest absolute Gasteiger partial charge is 0.237 e. The molecule has 1 aromatic carbocycles. The molecule has 0 saturated carbocycles. The molecule has 0 unspecified atom stereocenters. The molecule has 6 nitrogen and oxygen atoms in total. The summed E-state index contributed by atoms with van der Waals surface area (Å²) >= 11 is 4.94. The second-order valence-corrected chi connectivity index (χ2v) is 6.60. The van der Waals surface area contributed by atoms with Gasteiger partial charge >= 0.3 is 0 Å². The van der Waals surface area contributed by atoms with Gasteiger partial charge in [0.2, 0.25) is 11.7 Å². The Kier molecular flexibility index (Phi) is 4.92. The molecule has 3 aromatic rings. The van der Waals surface area contributed by atoms with Crippen molar-refractivity contribution in [2.75, 3.05) is 0 Å². The van der Waals surface area contributed by atoms with E-state index >= 15 is 0 Å². The first-order chi connectivity index (χ1) is 11.2. The Bertz CT molecular complexity index is 829. The minimum atomic E-state index is 0.538. The van der Waals surface area contributed by atoms with Crippen molar-refractivity contribution < 1.29 is 4.52 Å². The lowest BCUT2D eigenvalue weighted by Crippen LogP contribution is -2.00. The molecule has 0 N–H and O–H groups in total. The summed E-state index contributed by atoms with van der Waals surface area (Å²) in [6, 6.07) is 7.78. The van der Waals surface area contributed by atoms with Crippen molar-refractivity contribution >= 4 is 27.7 Å². The Morgan fingerprint density at radius 3 is 3.04 bits per heavy atom. The molecular weight excluding hydrogens is 378 g/mol. The zero-order valence-electron chi connectivity index (χ0n) is 12.4. The highest BCUT2D eigenvalue weighted by Crippen LogP contribution is 2.24. The fourth-order valence-corrected chi connectivity index (χ4v) is 3.22. The van der Waals surface area contributed by atoms with E-state index in [4.69, 9.17) is 4.52 Å². The summed E-state index contributed by atoms with van der Waals surface area (Å²) in [5.41, 5.74) is 0.907. The predicted octanol–water partition coefficient (Wildman–Crippen LogP) is 3.88. The summed E-state index contributed by atoms with van der Waals surface area (Å²) < 4.78 is 8.28. The molecule has 0 aliphatic heterocycles. The van der Waals surface area contributed by atoms with Gasteiger partial charge in [-0.05, 0) is 19.1 Å². The maximum atomic E-state index is 5.31. The normalized spacial score (nSPS) is 10.9. The van der Waals surface area contributed by atoms with Crippen LogP contribution < -0.4 is 0 Å². The van der Waals surface area contributed by atoms with Crippen LogP contribution in [0.2, 0.25) is 0 Å². The van der Waals surface area contributed by atoms with Gasteiger partial charge in [0, 0.05) is 16.6 Å². The number of hydrogen-bond donors (Lipinski definition) is 0. The molecule has 118 valence electrons. The zero-order valence-corrected chi connectivity index (χ0v) is 14.8. The molecule has 0 saturated heterocycles. The van der Waals surface area contributed by atoms with Crippen LogP contribution in [0.1, 0.15) is 11.7 Å². The quantitative estimate of drug-likeness (QED) is 0.469. The molecule has 0 bridgehead atoms. The second kappa shape index (κ2) is 7.10. The summed E-state index contributed by atoms with van der Waals surface area (Å²) in [7, 11) is 0. The van der Waals surface area contributed by atoms with Crippen molar-refractivity contribution in [2.24, 2.45) is 0 Å². The minimum Gasteiger partial charge on any atom is -0.338 e. The zero-order chi connectivity index (χ0) is 16.2. The van der Waals surface area contributed by atoms with Crippen LogP contribution in [-0.2, 0) is 12.3 Å². The maximum Gasteiger partial charge on any atom is 0.237 e. The minimum absolute atomic E-state index is 0.538. The fraction of sp³-hybridized carbons (Fsp3) is 0.200. The summed E-state index contributed by atoms with van der Waals surface area (Å²) in [5, 5.41) is 13.1. The van der Waals surface area contributed by atoms with Crippen LogP contribution >= 0.6 is 27.7 Å². The van der Waals surface area contributed by atoms with Gasteiger partial charge in [0.15, 0.2) is 5.16 Å². The maximum absolute atomic E-state index is 5.31. The van der Waals surface area contributed by atoms with E-state index in [9.17, 15) is 0 Å². The Hall–Kier alpha value is -1.93. The van der Waals surface area contributed by atoms with Gasteiger partial charge in [0.25, 0.3) is 0 Å². The molecule has 0 atom stereocenters. The van der Waals surface area contributed by atoms with Gasteiger partial charge < -0.3 is 9.09 Å². The van der Waals surface area contributed by atoms with Gasteiger partial charge in [-0.25, -0.2) is 0 Å². The first-order valence-corrected chi connectivity index (χ1v) is 8.67. The lowest BCUT2D eigenvalue weighted by atomic mass is 10.2. The number of halogens is 1. The predicted molar refractivity (Wildman–Crippen MR) is 92.0 cm³/mol. The largest absolute Gasteiger partial charge is 0.338 e. The fourth-order valence-electron chi connectivity index (χ4n) is 1.99. The molecule has 0 amide bonds. The first kappa shape index (κ1) is 15.9. The highest BCUT2D eigenvalue weighted by Gasteiger charge is 2.13. The van der Waals surface area contributed by atoms with Crippen molar-refractivity contribution in [3.05, 3.63) is 53.1 Å². The Morgan fingerprint density at radius 2 is 2.26 bits per heavy atom. The summed E-state index contributed by atoms with van der Waals surface area (Å²) in [6.07, 6.45) is 1.82. The average Bonchev–Trinajstić information content (AvgIpc) is 3.14. The van der Waals surface area contributed by atoms with Crippen molar-refractivity contribution in [3.8, 4) is 11.4 Å².